The molecule has 1 unspecified atom stereocenters. The largest absolute Gasteiger partial charge is 0.396 e. The number of nitrogens with two attached hydrogens (primary N) is 1. The molecule has 6 nitrogen and oxygen atoms in total. The van der Waals surface area contributed by atoms with Crippen molar-refractivity contribution in [1.29, 1.82) is 0 Å². The minimum absolute atomic E-state index is 0.0249. The summed E-state index contributed by atoms with van der Waals surface area (Å²) >= 11 is 0. The van der Waals surface area contributed by atoms with Crippen molar-refractivity contribution < 1.29 is 19.8 Å². The van der Waals surface area contributed by atoms with E-state index in [1.807, 2.05) is 0 Å². The zero-order chi connectivity index (χ0) is 14.3. The quantitative estimate of drug-likeness (QED) is 0.446. The van der Waals surface area contributed by atoms with Crippen LogP contribution >= 0.6 is 0 Å². The van der Waals surface area contributed by atoms with E-state index in [1.165, 1.54) is 0 Å². The van der Waals surface area contributed by atoms with Crippen LogP contribution in [-0.4, -0.2) is 41.3 Å². The number of carbonyl (C=O) groups excluding carboxylic acids is 2. The molecule has 0 bridgehead atoms. The Morgan fingerprint density at radius 1 is 1.44 bits per heavy atom. The zero-order valence-electron chi connectivity index (χ0n) is 11.0. The minimum atomic E-state index is -1.35. The number of amides is 2. The fourth-order valence-corrected chi connectivity index (χ4v) is 1.24. The second-order valence-electron chi connectivity index (χ2n) is 4.83. The molecule has 0 aliphatic rings. The molecule has 2 atom stereocenters. The Morgan fingerprint density at radius 3 is 2.39 bits per heavy atom. The topological polar surface area (TPSA) is 113 Å². The van der Waals surface area contributed by atoms with Gasteiger partial charge in [-0.1, -0.05) is 26.0 Å². The molecule has 0 aromatic carbocycles. The summed E-state index contributed by atoms with van der Waals surface area (Å²) in [7, 11) is 0. The van der Waals surface area contributed by atoms with E-state index >= 15 is 0 Å². The van der Waals surface area contributed by atoms with Crippen molar-refractivity contribution in [2.75, 3.05) is 13.2 Å². The highest BCUT2D eigenvalue weighted by Crippen LogP contribution is 2.19. The van der Waals surface area contributed by atoms with E-state index in [9.17, 15) is 14.7 Å². The fourth-order valence-electron chi connectivity index (χ4n) is 1.24. The molecule has 0 saturated heterocycles. The minimum Gasteiger partial charge on any atom is -0.396 e. The van der Waals surface area contributed by atoms with Gasteiger partial charge >= 0.3 is 0 Å². The van der Waals surface area contributed by atoms with Gasteiger partial charge in [-0.3, -0.25) is 9.59 Å². The number of aliphatic hydroxyl groups is 2. The first-order chi connectivity index (χ1) is 8.26. The Morgan fingerprint density at radius 2 is 2.00 bits per heavy atom. The molecule has 0 aliphatic heterocycles. The monoisotopic (exact) mass is 258 g/mol. The van der Waals surface area contributed by atoms with Crippen LogP contribution in [0.25, 0.3) is 0 Å². The molecule has 104 valence electrons. The van der Waals surface area contributed by atoms with Gasteiger partial charge in [-0.2, -0.15) is 0 Å². The molecule has 0 spiro atoms. The zero-order valence-corrected chi connectivity index (χ0v) is 11.0. The predicted molar refractivity (Wildman–Crippen MR) is 67.4 cm³/mol. The lowest BCUT2D eigenvalue weighted by Crippen LogP contribution is -2.47. The second-order valence-corrected chi connectivity index (χ2v) is 4.83. The second kappa shape index (κ2) is 7.13. The Balaban J connectivity index is 4.45. The maximum Gasteiger partial charge on any atom is 0.249 e. The van der Waals surface area contributed by atoms with Gasteiger partial charge in [0.1, 0.15) is 6.10 Å². The first-order valence-electron chi connectivity index (χ1n) is 5.75. The number of rotatable bonds is 7. The lowest BCUT2D eigenvalue weighted by molar-refractivity contribution is -0.137. The molecule has 0 fully saturated rings. The van der Waals surface area contributed by atoms with Gasteiger partial charge in [0.15, 0.2) is 0 Å². The van der Waals surface area contributed by atoms with E-state index < -0.39 is 29.3 Å². The van der Waals surface area contributed by atoms with Crippen molar-refractivity contribution in [2.24, 2.45) is 17.1 Å². The summed E-state index contributed by atoms with van der Waals surface area (Å²) in [6, 6.07) is 0. The smallest absolute Gasteiger partial charge is 0.249 e. The molecule has 0 aromatic rings. The van der Waals surface area contributed by atoms with E-state index in [-0.39, 0.29) is 13.2 Å². The van der Waals surface area contributed by atoms with Gasteiger partial charge in [0.05, 0.1) is 12.5 Å². The first kappa shape index (κ1) is 16.6. The molecule has 6 heteroatoms. The van der Waals surface area contributed by atoms with Crippen LogP contribution in [0.15, 0.2) is 12.2 Å². The molecule has 0 rings (SSSR count). The number of hydrogen-bond donors (Lipinski definition) is 4. The molecule has 0 aliphatic carbocycles. The van der Waals surface area contributed by atoms with Gasteiger partial charge in [0.2, 0.25) is 11.8 Å². The summed E-state index contributed by atoms with van der Waals surface area (Å²) in [5.74, 6) is -1.79. The third-order valence-electron chi connectivity index (χ3n) is 2.68. The lowest BCUT2D eigenvalue weighted by Gasteiger charge is -2.27. The Bertz CT molecular complexity index is 326. The molecule has 18 heavy (non-hydrogen) atoms. The van der Waals surface area contributed by atoms with E-state index in [2.05, 4.69) is 5.32 Å². The van der Waals surface area contributed by atoms with Crippen LogP contribution < -0.4 is 11.1 Å². The summed E-state index contributed by atoms with van der Waals surface area (Å²) < 4.78 is 0. The van der Waals surface area contributed by atoms with Crippen LogP contribution in [0, 0.1) is 11.3 Å². The van der Waals surface area contributed by atoms with Gasteiger partial charge in [-0.15, -0.1) is 0 Å². The normalized spacial score (nSPS) is 15.4. The predicted octanol–water partition coefficient (Wildman–Crippen LogP) is -0.840. The molecule has 0 heterocycles. The number of allylic oxidation sites excluding steroid dienone is 1. The average Bonchev–Trinajstić information content (AvgIpc) is 2.32. The number of hydrogen-bond acceptors (Lipinski definition) is 4. The average molecular weight is 258 g/mol. The molecule has 0 radical (unpaired) electrons. The number of carbonyl (C=O) groups is 2. The summed E-state index contributed by atoms with van der Waals surface area (Å²) in [5.41, 5.74) is 4.22. The van der Waals surface area contributed by atoms with Gasteiger partial charge in [0, 0.05) is 12.0 Å². The summed E-state index contributed by atoms with van der Waals surface area (Å²) in [5, 5.41) is 21.2. The Kier molecular flexibility index (Phi) is 6.57. The lowest BCUT2D eigenvalue weighted by atomic mass is 9.87. The number of primary amides is 1. The van der Waals surface area contributed by atoms with Crippen molar-refractivity contribution in [1.82, 2.24) is 5.32 Å². The Hall–Kier alpha value is -1.40. The molecular formula is C12H22N2O4. The molecule has 0 saturated carbocycles. The van der Waals surface area contributed by atoms with E-state index in [0.29, 0.717) is 0 Å². The third-order valence-corrected chi connectivity index (χ3v) is 2.68. The van der Waals surface area contributed by atoms with E-state index in [4.69, 9.17) is 10.8 Å². The van der Waals surface area contributed by atoms with Crippen LogP contribution in [0.5, 0.6) is 0 Å². The van der Waals surface area contributed by atoms with Crippen LogP contribution in [0.4, 0.5) is 0 Å². The standard InChI is InChI=1S/C12H22N2O4/c1-4-5-8(10(13)17)6-14-11(18)9(16)12(2,3)7-15/h4-5,8-9,15-16H,6-7H2,1-3H3,(H2,13,17)(H,14,18)/b5-4+/t8?,9-/m0/s1. The van der Waals surface area contributed by atoms with Crippen LogP contribution in [0.2, 0.25) is 0 Å². The van der Waals surface area contributed by atoms with Gasteiger partial charge in [0.25, 0.3) is 0 Å². The van der Waals surface area contributed by atoms with Crippen molar-refractivity contribution in [3.8, 4) is 0 Å². The summed E-state index contributed by atoms with van der Waals surface area (Å²) in [6.07, 6.45) is 1.89. The van der Waals surface area contributed by atoms with E-state index in [1.54, 1.807) is 32.9 Å². The Labute approximate surface area is 107 Å². The number of aliphatic hydroxyl groups excluding tert-OH is 2. The highest BCUT2D eigenvalue weighted by Gasteiger charge is 2.33. The van der Waals surface area contributed by atoms with Gasteiger partial charge in [-0.05, 0) is 6.92 Å². The molecule has 0 aromatic heterocycles. The molecule has 5 N–H and O–H groups in total. The fraction of sp³-hybridized carbons (Fsp3) is 0.667. The van der Waals surface area contributed by atoms with Gasteiger partial charge < -0.3 is 21.3 Å². The maximum absolute atomic E-state index is 11.6. The maximum atomic E-state index is 11.6. The SMILES string of the molecule is C/C=C/C(CNC(=O)[C@H](O)C(C)(C)CO)C(N)=O. The van der Waals surface area contributed by atoms with E-state index in [0.717, 1.165) is 0 Å². The molecule has 2 amide bonds. The number of nitrogens with one attached hydrogen (secondary N) is 1. The first-order valence-corrected chi connectivity index (χ1v) is 5.75. The third kappa shape index (κ3) is 4.85. The van der Waals surface area contributed by atoms with Crippen molar-refractivity contribution >= 4 is 11.8 Å². The van der Waals surface area contributed by atoms with Gasteiger partial charge in [-0.25, -0.2) is 0 Å². The van der Waals surface area contributed by atoms with Crippen molar-refractivity contribution in [2.45, 2.75) is 26.9 Å². The summed E-state index contributed by atoms with van der Waals surface area (Å²) in [4.78, 5) is 22.7. The highest BCUT2D eigenvalue weighted by atomic mass is 16.3. The van der Waals surface area contributed by atoms with Crippen molar-refractivity contribution in [3.05, 3.63) is 12.2 Å². The van der Waals surface area contributed by atoms with Crippen LogP contribution in [-0.2, 0) is 9.59 Å². The summed E-state index contributed by atoms with van der Waals surface area (Å²) in [6.45, 7) is 4.57. The van der Waals surface area contributed by atoms with Crippen LogP contribution in [0.3, 0.4) is 0 Å². The van der Waals surface area contributed by atoms with Crippen molar-refractivity contribution in [3.63, 3.8) is 0 Å². The molecular weight excluding hydrogens is 236 g/mol. The van der Waals surface area contributed by atoms with Crippen LogP contribution in [0.1, 0.15) is 20.8 Å². The highest BCUT2D eigenvalue weighted by molar-refractivity contribution is 5.83.